The molecule has 0 bridgehead atoms. The number of hydrogen-bond acceptors (Lipinski definition) is 2. The first-order valence-corrected chi connectivity index (χ1v) is 7.00. The molecular formula is C15H25N3O. The molecule has 0 aliphatic rings. The van der Waals surface area contributed by atoms with E-state index in [0.717, 1.165) is 31.2 Å². The van der Waals surface area contributed by atoms with Crippen LogP contribution in [0.2, 0.25) is 0 Å². The van der Waals surface area contributed by atoms with E-state index in [2.05, 4.69) is 29.5 Å². The molecule has 0 heterocycles. The SMILES string of the molecule is CCCNC(=NCC(C)Oc1ccccc1)NCC. The van der Waals surface area contributed by atoms with Crippen LogP contribution in [0.25, 0.3) is 0 Å². The van der Waals surface area contributed by atoms with Crippen LogP contribution in [0.1, 0.15) is 27.2 Å². The van der Waals surface area contributed by atoms with Gasteiger partial charge in [0.15, 0.2) is 5.96 Å². The summed E-state index contributed by atoms with van der Waals surface area (Å²) in [5.74, 6) is 1.74. The fraction of sp³-hybridized carbons (Fsp3) is 0.533. The van der Waals surface area contributed by atoms with Crippen LogP contribution in [-0.4, -0.2) is 31.7 Å². The minimum absolute atomic E-state index is 0.0551. The zero-order valence-corrected chi connectivity index (χ0v) is 12.1. The van der Waals surface area contributed by atoms with Crippen molar-refractivity contribution in [3.63, 3.8) is 0 Å². The summed E-state index contributed by atoms with van der Waals surface area (Å²) in [4.78, 5) is 4.52. The number of nitrogens with zero attached hydrogens (tertiary/aromatic N) is 1. The van der Waals surface area contributed by atoms with E-state index in [1.54, 1.807) is 0 Å². The predicted octanol–water partition coefficient (Wildman–Crippen LogP) is 2.42. The van der Waals surface area contributed by atoms with E-state index < -0.39 is 0 Å². The molecule has 1 aromatic rings. The molecule has 0 spiro atoms. The Morgan fingerprint density at radius 3 is 2.58 bits per heavy atom. The molecule has 1 unspecified atom stereocenters. The van der Waals surface area contributed by atoms with Crippen LogP contribution in [-0.2, 0) is 0 Å². The molecule has 1 aromatic carbocycles. The first kappa shape index (κ1) is 15.3. The summed E-state index contributed by atoms with van der Waals surface area (Å²) in [6.45, 7) is 8.65. The number of para-hydroxylation sites is 1. The molecule has 0 saturated heterocycles. The van der Waals surface area contributed by atoms with Gasteiger partial charge in [0.2, 0.25) is 0 Å². The molecule has 4 heteroatoms. The second kappa shape index (κ2) is 9.25. The fourth-order valence-electron chi connectivity index (χ4n) is 1.57. The normalized spacial score (nSPS) is 12.9. The van der Waals surface area contributed by atoms with Gasteiger partial charge in [0, 0.05) is 13.1 Å². The van der Waals surface area contributed by atoms with Gasteiger partial charge in [-0.25, -0.2) is 4.99 Å². The monoisotopic (exact) mass is 263 g/mol. The number of ether oxygens (including phenoxy) is 1. The minimum Gasteiger partial charge on any atom is -0.489 e. The highest BCUT2D eigenvalue weighted by Crippen LogP contribution is 2.10. The van der Waals surface area contributed by atoms with Gasteiger partial charge < -0.3 is 15.4 Å². The van der Waals surface area contributed by atoms with Crippen molar-refractivity contribution >= 4 is 5.96 Å². The molecule has 2 N–H and O–H groups in total. The maximum Gasteiger partial charge on any atom is 0.191 e. The van der Waals surface area contributed by atoms with Crippen molar-refractivity contribution in [3.05, 3.63) is 30.3 Å². The van der Waals surface area contributed by atoms with E-state index in [0.29, 0.717) is 6.54 Å². The van der Waals surface area contributed by atoms with Crippen molar-refractivity contribution in [2.75, 3.05) is 19.6 Å². The zero-order chi connectivity index (χ0) is 13.9. The Bertz CT molecular complexity index is 365. The third-order valence-electron chi connectivity index (χ3n) is 2.47. The average Bonchev–Trinajstić information content (AvgIpc) is 2.43. The topological polar surface area (TPSA) is 45.7 Å². The molecule has 106 valence electrons. The van der Waals surface area contributed by atoms with E-state index in [4.69, 9.17) is 4.74 Å². The van der Waals surface area contributed by atoms with Crippen molar-refractivity contribution in [1.82, 2.24) is 10.6 Å². The number of nitrogens with one attached hydrogen (secondary N) is 2. The maximum absolute atomic E-state index is 5.78. The van der Waals surface area contributed by atoms with Crippen LogP contribution in [0.3, 0.4) is 0 Å². The summed E-state index contributed by atoms with van der Waals surface area (Å²) in [5, 5.41) is 6.49. The number of rotatable bonds is 7. The molecule has 1 atom stereocenters. The van der Waals surface area contributed by atoms with E-state index >= 15 is 0 Å². The number of hydrogen-bond donors (Lipinski definition) is 2. The van der Waals surface area contributed by atoms with Crippen LogP contribution in [0.15, 0.2) is 35.3 Å². The van der Waals surface area contributed by atoms with Crippen LogP contribution < -0.4 is 15.4 Å². The molecule has 0 amide bonds. The van der Waals surface area contributed by atoms with Crippen molar-refractivity contribution in [1.29, 1.82) is 0 Å². The van der Waals surface area contributed by atoms with Crippen molar-refractivity contribution in [2.45, 2.75) is 33.3 Å². The number of benzene rings is 1. The van der Waals surface area contributed by atoms with Crippen molar-refractivity contribution in [3.8, 4) is 5.75 Å². The fourth-order valence-corrected chi connectivity index (χ4v) is 1.57. The molecular weight excluding hydrogens is 238 g/mol. The van der Waals surface area contributed by atoms with Gasteiger partial charge in [0.1, 0.15) is 11.9 Å². The lowest BCUT2D eigenvalue weighted by Crippen LogP contribution is -2.38. The van der Waals surface area contributed by atoms with E-state index in [1.165, 1.54) is 0 Å². The highest BCUT2D eigenvalue weighted by molar-refractivity contribution is 5.79. The van der Waals surface area contributed by atoms with Crippen LogP contribution >= 0.6 is 0 Å². The Hall–Kier alpha value is -1.71. The smallest absolute Gasteiger partial charge is 0.191 e. The Morgan fingerprint density at radius 2 is 1.95 bits per heavy atom. The third-order valence-corrected chi connectivity index (χ3v) is 2.47. The zero-order valence-electron chi connectivity index (χ0n) is 12.1. The Kier molecular flexibility index (Phi) is 7.47. The number of guanidine groups is 1. The molecule has 1 rings (SSSR count). The quantitative estimate of drug-likeness (QED) is 0.586. The summed E-state index contributed by atoms with van der Waals surface area (Å²) in [6.07, 6.45) is 1.14. The lowest BCUT2D eigenvalue weighted by atomic mass is 10.3. The van der Waals surface area contributed by atoms with Gasteiger partial charge in [-0.1, -0.05) is 25.1 Å². The van der Waals surface area contributed by atoms with Gasteiger partial charge in [0.05, 0.1) is 6.54 Å². The first-order valence-electron chi connectivity index (χ1n) is 7.00. The molecule has 0 fully saturated rings. The molecule has 0 saturated carbocycles. The predicted molar refractivity (Wildman–Crippen MR) is 80.8 cm³/mol. The highest BCUT2D eigenvalue weighted by Gasteiger charge is 2.03. The van der Waals surface area contributed by atoms with Crippen LogP contribution in [0.5, 0.6) is 5.75 Å². The second-order valence-corrected chi connectivity index (χ2v) is 4.39. The van der Waals surface area contributed by atoms with Gasteiger partial charge >= 0.3 is 0 Å². The second-order valence-electron chi connectivity index (χ2n) is 4.39. The van der Waals surface area contributed by atoms with Crippen molar-refractivity contribution < 1.29 is 4.74 Å². The molecule has 0 aliphatic heterocycles. The summed E-state index contributed by atoms with van der Waals surface area (Å²) >= 11 is 0. The molecule has 0 aliphatic carbocycles. The summed E-state index contributed by atoms with van der Waals surface area (Å²) in [7, 11) is 0. The highest BCUT2D eigenvalue weighted by atomic mass is 16.5. The largest absolute Gasteiger partial charge is 0.489 e. The van der Waals surface area contributed by atoms with E-state index in [1.807, 2.05) is 37.3 Å². The molecule has 19 heavy (non-hydrogen) atoms. The summed E-state index contributed by atoms with van der Waals surface area (Å²) in [5.41, 5.74) is 0. The Balaban J connectivity index is 2.42. The summed E-state index contributed by atoms with van der Waals surface area (Å²) in [6, 6.07) is 9.84. The van der Waals surface area contributed by atoms with E-state index in [9.17, 15) is 0 Å². The van der Waals surface area contributed by atoms with E-state index in [-0.39, 0.29) is 6.10 Å². The van der Waals surface area contributed by atoms with Gasteiger partial charge in [-0.3, -0.25) is 0 Å². The average molecular weight is 263 g/mol. The third kappa shape index (κ3) is 6.70. The molecule has 0 radical (unpaired) electrons. The van der Waals surface area contributed by atoms with Crippen LogP contribution in [0, 0.1) is 0 Å². The molecule has 4 nitrogen and oxygen atoms in total. The van der Waals surface area contributed by atoms with Gasteiger partial charge in [-0.15, -0.1) is 0 Å². The minimum atomic E-state index is 0.0551. The standard InChI is InChI=1S/C15H25N3O/c1-4-11-17-15(16-5-2)18-12-13(3)19-14-9-7-6-8-10-14/h6-10,13H,4-5,11-12H2,1-3H3,(H2,16,17,18). The summed E-state index contributed by atoms with van der Waals surface area (Å²) < 4.78 is 5.78. The first-order chi connectivity index (χ1) is 9.26. The Morgan fingerprint density at radius 1 is 1.21 bits per heavy atom. The lowest BCUT2D eigenvalue weighted by Gasteiger charge is -2.14. The number of aliphatic imine (C=N–C) groups is 1. The van der Waals surface area contributed by atoms with Gasteiger partial charge in [0.25, 0.3) is 0 Å². The molecule has 0 aromatic heterocycles. The van der Waals surface area contributed by atoms with Crippen molar-refractivity contribution in [2.24, 2.45) is 4.99 Å². The lowest BCUT2D eigenvalue weighted by molar-refractivity contribution is 0.230. The Labute approximate surface area is 116 Å². The maximum atomic E-state index is 5.78. The van der Waals surface area contributed by atoms with Gasteiger partial charge in [-0.2, -0.15) is 0 Å². The van der Waals surface area contributed by atoms with Crippen LogP contribution in [0.4, 0.5) is 0 Å². The van der Waals surface area contributed by atoms with Gasteiger partial charge in [-0.05, 0) is 32.4 Å².